The largest absolute Gasteiger partial charge is 0.472 e. The van der Waals surface area contributed by atoms with E-state index in [4.69, 9.17) is 14.5 Å². The van der Waals surface area contributed by atoms with Gasteiger partial charge in [-0.3, -0.25) is 24.1 Å². The minimum atomic E-state index is -4.01. The normalized spacial score (nSPS) is 29.3. The van der Waals surface area contributed by atoms with Gasteiger partial charge in [0.1, 0.15) is 29.8 Å². The molecule has 0 unspecified atom stereocenters. The summed E-state index contributed by atoms with van der Waals surface area (Å²) in [7, 11) is -4.01. The van der Waals surface area contributed by atoms with Crippen LogP contribution in [0, 0.1) is 17.3 Å². The van der Waals surface area contributed by atoms with Gasteiger partial charge in [0, 0.05) is 35.7 Å². The molecule has 8 rings (SSSR count). The number of hydrogen-bond acceptors (Lipinski definition) is 10. The molecule has 2 aromatic heterocycles. The van der Waals surface area contributed by atoms with Crippen molar-refractivity contribution in [3.05, 3.63) is 67.0 Å². The van der Waals surface area contributed by atoms with Crippen LogP contribution in [0.2, 0.25) is 0 Å². The summed E-state index contributed by atoms with van der Waals surface area (Å²) < 4.78 is 40.1. The Hall–Kier alpha value is -5.05. The monoisotopic (exact) mass is 826 g/mol. The lowest BCUT2D eigenvalue weighted by Gasteiger charge is -2.35. The molecule has 7 atom stereocenters. The molecule has 314 valence electrons. The third-order valence-corrected chi connectivity index (χ3v) is 15.1. The number of para-hydroxylation sites is 1. The first-order chi connectivity index (χ1) is 28.0. The van der Waals surface area contributed by atoms with E-state index < -0.39 is 73.6 Å². The molecule has 3 N–H and O–H groups in total. The van der Waals surface area contributed by atoms with Gasteiger partial charge < -0.3 is 25.0 Å². The smallest absolute Gasteiger partial charge is 0.408 e. The van der Waals surface area contributed by atoms with E-state index in [1.807, 2.05) is 57.2 Å². The first-order valence-corrected chi connectivity index (χ1v) is 22.3. The van der Waals surface area contributed by atoms with Crippen molar-refractivity contribution >= 4 is 44.7 Å². The molecule has 15 heteroatoms. The van der Waals surface area contributed by atoms with Crippen LogP contribution in [-0.4, -0.2) is 88.2 Å². The van der Waals surface area contributed by atoms with E-state index >= 15 is 0 Å². The maximum atomic E-state index is 14.8. The number of benzene rings is 1. The lowest BCUT2D eigenvalue weighted by atomic mass is 9.85. The van der Waals surface area contributed by atoms with Crippen LogP contribution in [0.15, 0.2) is 61.4 Å². The number of aromatic nitrogens is 2. The number of amides is 4. The van der Waals surface area contributed by atoms with Gasteiger partial charge in [0.2, 0.25) is 27.7 Å². The number of fused-ring (bicyclic) bond motifs is 5. The maximum absolute atomic E-state index is 14.8. The van der Waals surface area contributed by atoms with Crippen molar-refractivity contribution in [1.29, 1.82) is 0 Å². The van der Waals surface area contributed by atoms with Gasteiger partial charge >= 0.3 is 6.09 Å². The molecular formula is C44H54N6O8S. The highest BCUT2D eigenvalue weighted by molar-refractivity contribution is 7.91. The van der Waals surface area contributed by atoms with Crippen LogP contribution < -0.4 is 20.1 Å². The minimum Gasteiger partial charge on any atom is -0.472 e. The molecule has 3 aliphatic carbocycles. The zero-order valence-corrected chi connectivity index (χ0v) is 35.0. The topological polar surface area (TPSA) is 186 Å². The number of nitrogens with zero attached hydrogens (tertiary/aromatic N) is 3. The van der Waals surface area contributed by atoms with Gasteiger partial charge in [0.25, 0.3) is 5.91 Å². The molecule has 1 saturated heterocycles. The highest BCUT2D eigenvalue weighted by Gasteiger charge is 2.63. The number of ether oxygens (including phenoxy) is 2. The van der Waals surface area contributed by atoms with E-state index in [0.29, 0.717) is 25.1 Å². The first kappa shape index (κ1) is 40.7. The fourth-order valence-corrected chi connectivity index (χ4v) is 10.0. The zero-order valence-electron chi connectivity index (χ0n) is 34.2. The maximum Gasteiger partial charge on any atom is 0.408 e. The van der Waals surface area contributed by atoms with E-state index in [1.165, 1.54) is 11.0 Å². The SMILES string of the molecule is C=C[C@@H]1C[C@]1(NC(=O)[C@@H]1C[C@@H]2CN1C(=O)[C@H](C(C)(C)C)NC(=O)O[C@@H]1C[C@H]1CCCCCc1c(nc3ccccc3c1-c1ccncc1)O2)C(=O)NS(=O)(=O)C1(C)CC1. The van der Waals surface area contributed by atoms with Crippen molar-refractivity contribution in [3.63, 3.8) is 0 Å². The van der Waals surface area contributed by atoms with Crippen molar-refractivity contribution in [2.75, 3.05) is 6.54 Å². The third-order valence-electron chi connectivity index (χ3n) is 12.9. The Labute approximate surface area is 345 Å². The molecule has 1 aromatic carbocycles. The van der Waals surface area contributed by atoms with E-state index in [2.05, 4.69) is 26.9 Å². The van der Waals surface area contributed by atoms with E-state index in [9.17, 15) is 27.6 Å². The second kappa shape index (κ2) is 15.2. The van der Waals surface area contributed by atoms with Crippen molar-refractivity contribution < 1.29 is 37.1 Å². The summed E-state index contributed by atoms with van der Waals surface area (Å²) in [6.45, 7) is 10.9. The summed E-state index contributed by atoms with van der Waals surface area (Å²) >= 11 is 0. The van der Waals surface area contributed by atoms with Gasteiger partial charge in [-0.15, -0.1) is 6.58 Å². The molecular weight excluding hydrogens is 773 g/mol. The second-order valence-corrected chi connectivity index (χ2v) is 20.6. The van der Waals surface area contributed by atoms with Crippen molar-refractivity contribution in [2.45, 2.75) is 126 Å². The number of alkyl carbamates (subject to hydrolysis) is 1. The molecule has 5 aliphatic rings. The average molecular weight is 827 g/mol. The van der Waals surface area contributed by atoms with Crippen LogP contribution in [0.1, 0.15) is 91.0 Å². The number of hydrogen-bond donors (Lipinski definition) is 3. The number of sulfonamides is 1. The molecule has 59 heavy (non-hydrogen) atoms. The van der Waals surface area contributed by atoms with Crippen LogP contribution >= 0.6 is 0 Å². The lowest BCUT2D eigenvalue weighted by Crippen LogP contribution is -2.60. The highest BCUT2D eigenvalue weighted by Crippen LogP contribution is 2.47. The van der Waals surface area contributed by atoms with Gasteiger partial charge in [0.15, 0.2) is 0 Å². The molecule has 4 fully saturated rings. The Bertz CT molecular complexity index is 2290. The predicted octanol–water partition coefficient (Wildman–Crippen LogP) is 5.35. The summed E-state index contributed by atoms with van der Waals surface area (Å²) in [4.78, 5) is 67.3. The van der Waals surface area contributed by atoms with Crippen LogP contribution in [0.5, 0.6) is 5.88 Å². The van der Waals surface area contributed by atoms with Crippen LogP contribution in [0.3, 0.4) is 0 Å². The van der Waals surface area contributed by atoms with Crippen LogP contribution in [0.25, 0.3) is 22.0 Å². The standard InChI is InChI=1S/C44H54N6O8S/c1-6-28-24-44(28,40(53)49-59(55,56)43(5)18-19-43)48-37(51)33-23-29-25-50(33)39(52)36(42(2,3)4)47-41(54)58-34-22-27(34)12-8-7-9-14-31-35(26-16-20-45-21-17-26)30-13-10-11-15-32(30)46-38(31)57-29/h6,10-11,13,15-17,20-21,27-29,33-34,36H,1,7-9,12,14,18-19,22-25H2,2-5H3,(H,47,54)(H,48,51)(H,49,53)/t27-,28-,29-,33+,34-,36-,44-/m1/s1. The van der Waals surface area contributed by atoms with E-state index in [-0.39, 0.29) is 31.4 Å². The van der Waals surface area contributed by atoms with Gasteiger partial charge in [-0.1, -0.05) is 57.9 Å². The number of carbonyl (C=O) groups is 4. The molecule has 4 heterocycles. The van der Waals surface area contributed by atoms with Crippen molar-refractivity contribution in [2.24, 2.45) is 17.3 Å². The molecule has 14 nitrogen and oxygen atoms in total. The number of rotatable bonds is 7. The molecule has 0 radical (unpaired) electrons. The minimum absolute atomic E-state index is 0.0275. The Kier molecular flexibility index (Phi) is 10.5. The van der Waals surface area contributed by atoms with Gasteiger partial charge in [-0.2, -0.15) is 0 Å². The molecule has 4 amide bonds. The molecule has 2 aliphatic heterocycles. The summed E-state index contributed by atoms with van der Waals surface area (Å²) in [5.74, 6) is -1.88. The number of nitrogens with one attached hydrogen (secondary N) is 3. The fourth-order valence-electron chi connectivity index (χ4n) is 8.71. The highest BCUT2D eigenvalue weighted by atomic mass is 32.2. The Balaban J connectivity index is 1.17. The Morgan fingerprint density at radius 3 is 2.47 bits per heavy atom. The second-order valence-electron chi connectivity index (χ2n) is 18.4. The predicted molar refractivity (Wildman–Crippen MR) is 220 cm³/mol. The fraction of sp³-hybridized carbons (Fsp3) is 0.545. The van der Waals surface area contributed by atoms with Crippen molar-refractivity contribution in [3.8, 4) is 17.0 Å². The molecule has 3 aromatic rings. The van der Waals surface area contributed by atoms with E-state index in [1.54, 1.807) is 19.3 Å². The van der Waals surface area contributed by atoms with Gasteiger partial charge in [-0.05, 0) is 92.5 Å². The molecule has 0 spiro atoms. The van der Waals surface area contributed by atoms with Crippen LogP contribution in [-0.2, 0) is 35.6 Å². The summed E-state index contributed by atoms with van der Waals surface area (Å²) in [5, 5.41) is 6.65. The first-order valence-electron chi connectivity index (χ1n) is 20.8. The molecule has 3 saturated carbocycles. The van der Waals surface area contributed by atoms with Crippen LogP contribution in [0.4, 0.5) is 4.79 Å². The van der Waals surface area contributed by atoms with E-state index in [0.717, 1.165) is 59.7 Å². The zero-order chi connectivity index (χ0) is 41.9. The summed E-state index contributed by atoms with van der Waals surface area (Å²) in [6, 6.07) is 9.58. The summed E-state index contributed by atoms with van der Waals surface area (Å²) in [6.07, 6.45) is 9.52. The Morgan fingerprint density at radius 1 is 1.03 bits per heavy atom. The average Bonchev–Trinajstić information content (AvgIpc) is 4.15. The Morgan fingerprint density at radius 2 is 1.78 bits per heavy atom. The van der Waals surface area contributed by atoms with Gasteiger partial charge in [0.05, 0.1) is 16.8 Å². The van der Waals surface area contributed by atoms with Gasteiger partial charge in [-0.25, -0.2) is 18.2 Å². The number of pyridine rings is 2. The molecule has 2 bridgehead atoms. The number of carbonyl (C=O) groups excluding carboxylic acids is 4. The quantitative estimate of drug-likeness (QED) is 0.262. The lowest BCUT2D eigenvalue weighted by molar-refractivity contribution is -0.142. The van der Waals surface area contributed by atoms with Crippen molar-refractivity contribution in [1.82, 2.24) is 30.2 Å². The third kappa shape index (κ3) is 8.02. The summed E-state index contributed by atoms with van der Waals surface area (Å²) in [5.41, 5.74) is 1.22.